The summed E-state index contributed by atoms with van der Waals surface area (Å²) < 4.78 is 16.6. The molecular formula is C22H23N5O5. The van der Waals surface area contributed by atoms with Crippen LogP contribution < -0.4 is 15.4 Å². The summed E-state index contributed by atoms with van der Waals surface area (Å²) in [6, 6.07) is 6.03. The lowest BCUT2D eigenvalue weighted by molar-refractivity contribution is -0.133. The SMILES string of the molecule is Cc1ncc(-c2cc(Oc3ccc(NC(=O)NC(=O)C4(C)CCOCC4)nc3)ccn2)o1. The summed E-state index contributed by atoms with van der Waals surface area (Å²) >= 11 is 0. The lowest BCUT2D eigenvalue weighted by Crippen LogP contribution is -2.46. The number of nitrogens with one attached hydrogen (secondary N) is 2. The van der Waals surface area contributed by atoms with Gasteiger partial charge < -0.3 is 13.9 Å². The van der Waals surface area contributed by atoms with Crippen molar-refractivity contribution in [2.75, 3.05) is 18.5 Å². The van der Waals surface area contributed by atoms with Crippen LogP contribution in [-0.2, 0) is 9.53 Å². The summed E-state index contributed by atoms with van der Waals surface area (Å²) in [6.07, 6.45) is 5.82. The largest absolute Gasteiger partial charge is 0.456 e. The molecule has 0 radical (unpaired) electrons. The molecule has 10 nitrogen and oxygen atoms in total. The molecule has 4 heterocycles. The van der Waals surface area contributed by atoms with Crippen LogP contribution in [0.3, 0.4) is 0 Å². The molecule has 0 aliphatic carbocycles. The summed E-state index contributed by atoms with van der Waals surface area (Å²) in [6.45, 7) is 4.60. The fraction of sp³-hybridized carbons (Fsp3) is 0.318. The second-order valence-corrected chi connectivity index (χ2v) is 7.68. The fourth-order valence-corrected chi connectivity index (χ4v) is 3.19. The first kappa shape index (κ1) is 21.4. The molecular weight excluding hydrogens is 414 g/mol. The number of aromatic nitrogens is 3. The number of oxazole rings is 1. The smallest absolute Gasteiger partial charge is 0.327 e. The van der Waals surface area contributed by atoms with E-state index in [1.165, 1.54) is 6.20 Å². The molecule has 3 aromatic heterocycles. The average Bonchev–Trinajstić information content (AvgIpc) is 3.22. The Morgan fingerprint density at radius 3 is 2.56 bits per heavy atom. The van der Waals surface area contributed by atoms with Crippen LogP contribution in [0.25, 0.3) is 11.5 Å². The third-order valence-corrected chi connectivity index (χ3v) is 5.19. The number of aryl methyl sites for hydroxylation is 1. The van der Waals surface area contributed by atoms with E-state index < -0.39 is 11.4 Å². The standard InChI is InChI=1S/C22H23N5O5/c1-14-24-13-18(31-14)17-11-15(5-8-23-17)32-16-3-4-19(25-12-16)26-21(29)27-20(28)22(2)6-9-30-10-7-22/h3-5,8,11-13H,6-7,9-10H2,1-2H3,(H2,25,26,27,28,29). The Bertz CT molecular complexity index is 1110. The van der Waals surface area contributed by atoms with Crippen LogP contribution in [0.5, 0.6) is 11.5 Å². The van der Waals surface area contributed by atoms with Crippen molar-refractivity contribution in [3.63, 3.8) is 0 Å². The van der Waals surface area contributed by atoms with E-state index in [2.05, 4.69) is 25.6 Å². The Morgan fingerprint density at radius 2 is 1.88 bits per heavy atom. The average molecular weight is 437 g/mol. The van der Waals surface area contributed by atoms with Gasteiger partial charge in [0, 0.05) is 32.4 Å². The number of nitrogens with zero attached hydrogens (tertiary/aromatic N) is 3. The Kier molecular flexibility index (Phi) is 6.13. The molecule has 1 aliphatic heterocycles. The van der Waals surface area contributed by atoms with Crippen LogP contribution in [-0.4, -0.2) is 40.1 Å². The molecule has 3 aromatic rings. The lowest BCUT2D eigenvalue weighted by atomic mass is 9.81. The van der Waals surface area contributed by atoms with Crippen molar-refractivity contribution in [3.05, 3.63) is 48.7 Å². The first-order valence-corrected chi connectivity index (χ1v) is 10.1. The lowest BCUT2D eigenvalue weighted by Gasteiger charge is -2.31. The zero-order valence-electron chi connectivity index (χ0n) is 17.8. The van der Waals surface area contributed by atoms with E-state index >= 15 is 0 Å². The highest BCUT2D eigenvalue weighted by atomic mass is 16.5. The molecule has 1 fully saturated rings. The van der Waals surface area contributed by atoms with E-state index in [-0.39, 0.29) is 11.7 Å². The second-order valence-electron chi connectivity index (χ2n) is 7.68. The molecule has 4 rings (SSSR count). The molecule has 3 amide bonds. The van der Waals surface area contributed by atoms with E-state index in [1.807, 2.05) is 6.92 Å². The van der Waals surface area contributed by atoms with Crippen molar-refractivity contribution in [1.29, 1.82) is 0 Å². The fourth-order valence-electron chi connectivity index (χ4n) is 3.19. The van der Waals surface area contributed by atoms with Crippen LogP contribution in [0, 0.1) is 12.3 Å². The summed E-state index contributed by atoms with van der Waals surface area (Å²) in [4.78, 5) is 37.1. The normalized spacial score (nSPS) is 15.1. The van der Waals surface area contributed by atoms with Gasteiger partial charge in [-0.3, -0.25) is 20.4 Å². The van der Waals surface area contributed by atoms with Gasteiger partial charge in [-0.15, -0.1) is 0 Å². The predicted molar refractivity (Wildman–Crippen MR) is 114 cm³/mol. The topological polar surface area (TPSA) is 128 Å². The molecule has 0 bridgehead atoms. The molecule has 0 unspecified atom stereocenters. The number of rotatable bonds is 5. The van der Waals surface area contributed by atoms with Crippen molar-refractivity contribution >= 4 is 17.8 Å². The minimum Gasteiger partial charge on any atom is -0.456 e. The number of imide groups is 1. The highest BCUT2D eigenvalue weighted by Gasteiger charge is 2.36. The molecule has 0 atom stereocenters. The Hall–Kier alpha value is -3.79. The first-order chi connectivity index (χ1) is 15.4. The molecule has 2 N–H and O–H groups in total. The van der Waals surface area contributed by atoms with Crippen molar-refractivity contribution in [2.45, 2.75) is 26.7 Å². The van der Waals surface area contributed by atoms with Gasteiger partial charge in [0.05, 0.1) is 17.8 Å². The highest BCUT2D eigenvalue weighted by molar-refractivity contribution is 6.02. The number of carbonyl (C=O) groups excluding carboxylic acids is 2. The number of amides is 3. The van der Waals surface area contributed by atoms with Gasteiger partial charge in [0.2, 0.25) is 5.91 Å². The van der Waals surface area contributed by atoms with Crippen molar-refractivity contribution in [3.8, 4) is 23.0 Å². The molecule has 1 aliphatic rings. The molecule has 10 heteroatoms. The summed E-state index contributed by atoms with van der Waals surface area (Å²) in [5.74, 6) is 2.06. The van der Waals surface area contributed by atoms with Gasteiger partial charge >= 0.3 is 6.03 Å². The van der Waals surface area contributed by atoms with Crippen molar-refractivity contribution in [1.82, 2.24) is 20.3 Å². The third kappa shape index (κ3) is 5.09. The van der Waals surface area contributed by atoms with Gasteiger partial charge in [0.1, 0.15) is 23.0 Å². The maximum atomic E-state index is 12.4. The molecule has 0 spiro atoms. The summed E-state index contributed by atoms with van der Waals surface area (Å²) in [7, 11) is 0. The van der Waals surface area contributed by atoms with Gasteiger partial charge in [-0.25, -0.2) is 14.8 Å². The number of ether oxygens (including phenoxy) is 2. The Labute approximate surface area is 184 Å². The molecule has 166 valence electrons. The van der Waals surface area contributed by atoms with Gasteiger partial charge in [0.15, 0.2) is 11.7 Å². The van der Waals surface area contributed by atoms with Crippen LogP contribution in [0.15, 0.2) is 47.3 Å². The molecule has 32 heavy (non-hydrogen) atoms. The van der Waals surface area contributed by atoms with Crippen LogP contribution in [0.2, 0.25) is 0 Å². The first-order valence-electron chi connectivity index (χ1n) is 10.1. The molecule has 0 saturated carbocycles. The highest BCUT2D eigenvalue weighted by Crippen LogP contribution is 2.30. The quantitative estimate of drug-likeness (QED) is 0.618. The zero-order valence-corrected chi connectivity index (χ0v) is 17.8. The number of anilines is 1. The maximum Gasteiger partial charge on any atom is 0.327 e. The van der Waals surface area contributed by atoms with Crippen molar-refractivity contribution < 1.29 is 23.5 Å². The zero-order chi connectivity index (χ0) is 22.6. The number of hydrogen-bond acceptors (Lipinski definition) is 8. The number of urea groups is 1. The number of pyridine rings is 2. The minimum atomic E-state index is -0.634. The predicted octanol–water partition coefficient (Wildman–Crippen LogP) is 3.70. The van der Waals surface area contributed by atoms with E-state index in [1.54, 1.807) is 43.6 Å². The van der Waals surface area contributed by atoms with Gasteiger partial charge in [-0.05, 0) is 31.0 Å². The Balaban J connectivity index is 1.34. The summed E-state index contributed by atoms with van der Waals surface area (Å²) in [5.41, 5.74) is -0.0250. The van der Waals surface area contributed by atoms with E-state index in [0.29, 0.717) is 54.9 Å². The maximum absolute atomic E-state index is 12.4. The van der Waals surface area contributed by atoms with E-state index in [4.69, 9.17) is 13.9 Å². The van der Waals surface area contributed by atoms with Crippen LogP contribution in [0.4, 0.5) is 10.6 Å². The monoisotopic (exact) mass is 437 g/mol. The third-order valence-electron chi connectivity index (χ3n) is 5.19. The van der Waals surface area contributed by atoms with E-state index in [0.717, 1.165) is 0 Å². The van der Waals surface area contributed by atoms with Gasteiger partial charge in [0.25, 0.3) is 0 Å². The Morgan fingerprint density at radius 1 is 1.06 bits per heavy atom. The van der Waals surface area contributed by atoms with Gasteiger partial charge in [-0.2, -0.15) is 0 Å². The number of hydrogen-bond donors (Lipinski definition) is 2. The van der Waals surface area contributed by atoms with Crippen LogP contribution in [0.1, 0.15) is 25.7 Å². The van der Waals surface area contributed by atoms with Gasteiger partial charge in [-0.1, -0.05) is 6.92 Å². The molecule has 0 aromatic carbocycles. The van der Waals surface area contributed by atoms with Crippen LogP contribution >= 0.6 is 0 Å². The summed E-state index contributed by atoms with van der Waals surface area (Å²) in [5, 5.41) is 4.93. The second kappa shape index (κ2) is 9.15. The minimum absolute atomic E-state index is 0.285. The number of carbonyl (C=O) groups is 2. The van der Waals surface area contributed by atoms with Crippen molar-refractivity contribution in [2.24, 2.45) is 5.41 Å². The molecule has 1 saturated heterocycles. The van der Waals surface area contributed by atoms with E-state index in [9.17, 15) is 9.59 Å².